The number of methoxy groups -OCH3 is 1. The van der Waals surface area contributed by atoms with E-state index in [-0.39, 0.29) is 30.1 Å². The van der Waals surface area contributed by atoms with Crippen molar-refractivity contribution >= 4 is 34.7 Å². The minimum absolute atomic E-state index is 0.0368. The molecule has 3 heterocycles. The number of amides is 3. The molecule has 0 radical (unpaired) electrons. The molecule has 2 aromatic carbocycles. The second-order valence-electron chi connectivity index (χ2n) is 8.85. The van der Waals surface area contributed by atoms with Gasteiger partial charge in [-0.1, -0.05) is 24.3 Å². The fourth-order valence-corrected chi connectivity index (χ4v) is 5.85. The molecule has 7 nitrogen and oxygen atoms in total. The van der Waals surface area contributed by atoms with Gasteiger partial charge in [-0.25, -0.2) is 0 Å². The van der Waals surface area contributed by atoms with Gasteiger partial charge in [-0.2, -0.15) is 0 Å². The Bertz CT molecular complexity index is 1260. The molecule has 1 N–H and O–H groups in total. The minimum Gasteiger partial charge on any atom is -0.497 e. The predicted molar refractivity (Wildman–Crippen MR) is 135 cm³/mol. The number of carbonyl (C=O) groups excluding carboxylic acids is 3. The van der Waals surface area contributed by atoms with Crippen LogP contribution in [0.4, 0.5) is 5.69 Å². The molecule has 3 amide bonds. The van der Waals surface area contributed by atoms with Gasteiger partial charge in [0, 0.05) is 42.2 Å². The summed E-state index contributed by atoms with van der Waals surface area (Å²) in [6.45, 7) is 0.962. The Morgan fingerprint density at radius 2 is 1.91 bits per heavy atom. The fourth-order valence-electron chi connectivity index (χ4n) is 5.16. The van der Waals surface area contributed by atoms with Crippen molar-refractivity contribution < 1.29 is 19.1 Å². The summed E-state index contributed by atoms with van der Waals surface area (Å²) in [5.74, 6) is 0.338. The van der Waals surface area contributed by atoms with Crippen LogP contribution in [-0.4, -0.2) is 49.4 Å². The third kappa shape index (κ3) is 4.30. The third-order valence-corrected chi connectivity index (χ3v) is 7.66. The lowest BCUT2D eigenvalue weighted by atomic mass is 9.79. The van der Waals surface area contributed by atoms with E-state index in [1.807, 2.05) is 58.8 Å². The van der Waals surface area contributed by atoms with E-state index in [1.165, 1.54) is 11.3 Å². The van der Waals surface area contributed by atoms with Gasteiger partial charge in [0.1, 0.15) is 11.8 Å². The number of rotatable bonds is 6. The van der Waals surface area contributed by atoms with Crippen LogP contribution < -0.4 is 15.0 Å². The number of thiophene rings is 1. The summed E-state index contributed by atoms with van der Waals surface area (Å²) in [4.78, 5) is 44.3. The lowest BCUT2D eigenvalue weighted by Gasteiger charge is -2.44. The normalized spacial score (nSPS) is 18.7. The average molecular weight is 490 g/mol. The zero-order valence-corrected chi connectivity index (χ0v) is 20.5. The Morgan fingerprint density at radius 1 is 1.11 bits per heavy atom. The molecular weight excluding hydrogens is 462 g/mol. The maximum Gasteiger partial charge on any atom is 0.254 e. The van der Waals surface area contributed by atoms with Crippen molar-refractivity contribution in [2.45, 2.75) is 31.3 Å². The van der Waals surface area contributed by atoms with Gasteiger partial charge in [0.2, 0.25) is 11.8 Å². The third-order valence-electron chi connectivity index (χ3n) is 6.78. The summed E-state index contributed by atoms with van der Waals surface area (Å²) >= 11 is 1.52. The molecule has 2 aliphatic rings. The summed E-state index contributed by atoms with van der Waals surface area (Å²) in [5, 5.41) is 4.67. The highest BCUT2D eigenvalue weighted by atomic mass is 32.1. The van der Waals surface area contributed by atoms with Crippen molar-refractivity contribution in [3.8, 4) is 5.75 Å². The van der Waals surface area contributed by atoms with E-state index in [0.29, 0.717) is 30.8 Å². The van der Waals surface area contributed by atoms with Crippen molar-refractivity contribution in [3.05, 3.63) is 81.5 Å². The van der Waals surface area contributed by atoms with Crippen molar-refractivity contribution in [1.82, 2.24) is 10.2 Å². The van der Waals surface area contributed by atoms with Crippen LogP contribution in [0.3, 0.4) is 0 Å². The number of likely N-dealkylation sites (N-methyl/N-ethyl adjacent to an activating group) is 1. The number of anilines is 1. The largest absolute Gasteiger partial charge is 0.497 e. The molecule has 0 saturated carbocycles. The molecule has 0 unspecified atom stereocenters. The Labute approximate surface area is 208 Å². The molecule has 5 rings (SSSR count). The molecule has 8 heteroatoms. The first-order valence-electron chi connectivity index (χ1n) is 11.6. The molecule has 0 spiro atoms. The molecule has 35 heavy (non-hydrogen) atoms. The average Bonchev–Trinajstić information content (AvgIpc) is 3.39. The highest BCUT2D eigenvalue weighted by molar-refractivity contribution is 7.10. The molecule has 0 fully saturated rings. The number of hydrogen-bond acceptors (Lipinski definition) is 5. The number of hydrogen-bond donors (Lipinski definition) is 1. The molecule has 0 aliphatic carbocycles. The molecule has 0 saturated heterocycles. The topological polar surface area (TPSA) is 79.0 Å². The van der Waals surface area contributed by atoms with E-state index in [4.69, 9.17) is 4.74 Å². The van der Waals surface area contributed by atoms with Gasteiger partial charge in [0.15, 0.2) is 0 Å². The van der Waals surface area contributed by atoms with Crippen LogP contribution in [0.1, 0.15) is 38.7 Å². The predicted octanol–water partition coefficient (Wildman–Crippen LogP) is 3.59. The Balaban J connectivity index is 1.50. The standard InChI is InChI=1S/C27H27N3O4S/c1-28-26(32)23-13-18-16-29(15-17-8-10-19(34-2)11-9-17)27(33)21-6-3-7-22(25(18)21)30(23)24(31)14-20-5-4-12-35-20/h3-12,18,23H,13-16H2,1-2H3,(H,28,32)/t18-,23-/m0/s1. The molecule has 180 valence electrons. The Hall–Kier alpha value is -3.65. The van der Waals surface area contributed by atoms with Gasteiger partial charge >= 0.3 is 0 Å². The monoisotopic (exact) mass is 489 g/mol. The van der Waals surface area contributed by atoms with Crippen LogP contribution >= 0.6 is 11.3 Å². The van der Waals surface area contributed by atoms with E-state index in [2.05, 4.69) is 5.32 Å². The highest BCUT2D eigenvalue weighted by Gasteiger charge is 2.44. The molecular formula is C27H27N3O4S. The number of nitrogens with zero attached hydrogens (tertiary/aromatic N) is 2. The van der Waals surface area contributed by atoms with Crippen LogP contribution in [0.15, 0.2) is 60.0 Å². The summed E-state index contributed by atoms with van der Waals surface area (Å²) in [7, 11) is 3.22. The number of ether oxygens (including phenoxy) is 1. The number of benzene rings is 2. The molecule has 1 aromatic heterocycles. The molecule has 0 bridgehead atoms. The fraction of sp³-hybridized carbons (Fsp3) is 0.296. The minimum atomic E-state index is -0.628. The molecule has 3 aromatic rings. The summed E-state index contributed by atoms with van der Waals surface area (Å²) < 4.78 is 5.24. The van der Waals surface area contributed by atoms with Crippen molar-refractivity contribution in [2.24, 2.45) is 0 Å². The van der Waals surface area contributed by atoms with Crippen LogP contribution in [0.25, 0.3) is 0 Å². The van der Waals surface area contributed by atoms with Gasteiger partial charge in [-0.15, -0.1) is 11.3 Å². The van der Waals surface area contributed by atoms with Gasteiger partial charge in [-0.3, -0.25) is 19.3 Å². The first kappa shape index (κ1) is 23.1. The van der Waals surface area contributed by atoms with E-state index < -0.39 is 6.04 Å². The summed E-state index contributed by atoms with van der Waals surface area (Å²) in [5.41, 5.74) is 3.16. The Kier molecular flexibility index (Phi) is 6.30. The van der Waals surface area contributed by atoms with Crippen molar-refractivity contribution in [3.63, 3.8) is 0 Å². The summed E-state index contributed by atoms with van der Waals surface area (Å²) in [6, 6.07) is 16.4. The maximum absolute atomic E-state index is 13.5. The van der Waals surface area contributed by atoms with Crippen LogP contribution in [0.2, 0.25) is 0 Å². The van der Waals surface area contributed by atoms with Crippen molar-refractivity contribution in [2.75, 3.05) is 25.6 Å². The number of carbonyl (C=O) groups is 3. The quantitative estimate of drug-likeness (QED) is 0.574. The zero-order valence-electron chi connectivity index (χ0n) is 19.7. The van der Waals surface area contributed by atoms with Crippen molar-refractivity contribution in [1.29, 1.82) is 0 Å². The Morgan fingerprint density at radius 3 is 2.60 bits per heavy atom. The summed E-state index contributed by atoms with van der Waals surface area (Å²) in [6.07, 6.45) is 0.684. The van der Waals surface area contributed by atoms with Crippen LogP contribution in [0.5, 0.6) is 5.75 Å². The smallest absolute Gasteiger partial charge is 0.254 e. The van der Waals surface area contributed by atoms with E-state index in [1.54, 1.807) is 25.1 Å². The first-order chi connectivity index (χ1) is 17.0. The molecule has 2 atom stereocenters. The van der Waals surface area contributed by atoms with Crippen LogP contribution in [-0.2, 0) is 22.6 Å². The second-order valence-corrected chi connectivity index (χ2v) is 9.89. The number of nitrogens with one attached hydrogen (secondary N) is 1. The van der Waals surface area contributed by atoms with Crippen LogP contribution in [0, 0.1) is 0 Å². The van der Waals surface area contributed by atoms with E-state index >= 15 is 0 Å². The van der Waals surface area contributed by atoms with E-state index in [0.717, 1.165) is 21.8 Å². The SMILES string of the molecule is CNC(=O)[C@@H]1C[C@H]2CN(Cc3ccc(OC)cc3)C(=O)c3cccc(c32)N1C(=O)Cc1cccs1. The van der Waals surface area contributed by atoms with Gasteiger partial charge in [0.05, 0.1) is 13.5 Å². The lowest BCUT2D eigenvalue weighted by molar-refractivity contribution is -0.126. The lowest BCUT2D eigenvalue weighted by Crippen LogP contribution is -2.55. The second kappa shape index (κ2) is 9.54. The molecule has 2 aliphatic heterocycles. The van der Waals surface area contributed by atoms with E-state index in [9.17, 15) is 14.4 Å². The maximum atomic E-state index is 13.5. The zero-order chi connectivity index (χ0) is 24.5. The highest BCUT2D eigenvalue weighted by Crippen LogP contribution is 2.44. The van der Waals surface area contributed by atoms with Gasteiger partial charge in [-0.05, 0) is 53.3 Å². The first-order valence-corrected chi connectivity index (χ1v) is 12.5. The van der Waals surface area contributed by atoms with Gasteiger partial charge in [0.25, 0.3) is 5.91 Å². The van der Waals surface area contributed by atoms with Gasteiger partial charge < -0.3 is 15.0 Å².